The molecule has 0 aromatic rings. The highest BCUT2D eigenvalue weighted by atomic mass is 16.5. The summed E-state index contributed by atoms with van der Waals surface area (Å²) in [6.45, 7) is 10.1. The second-order valence-electron chi connectivity index (χ2n) is 5.30. The van der Waals surface area contributed by atoms with E-state index in [1.54, 1.807) is 0 Å². The third kappa shape index (κ3) is 8.52. The van der Waals surface area contributed by atoms with E-state index in [9.17, 15) is 5.11 Å². The Balaban J connectivity index is 1.94. The molecule has 6 nitrogen and oxygen atoms in total. The molecule has 2 N–H and O–H groups in total. The minimum Gasteiger partial charge on any atom is -0.389 e. The summed E-state index contributed by atoms with van der Waals surface area (Å²) in [7, 11) is 2.12. The number of nitrogens with one attached hydrogen (secondary N) is 1. The summed E-state index contributed by atoms with van der Waals surface area (Å²) in [4.78, 5) is 2.30. The molecule has 0 radical (unpaired) electrons. The van der Waals surface area contributed by atoms with Gasteiger partial charge in [0.15, 0.2) is 0 Å². The van der Waals surface area contributed by atoms with Crippen LogP contribution < -0.4 is 5.43 Å². The van der Waals surface area contributed by atoms with Crippen LogP contribution in [0.2, 0.25) is 0 Å². The van der Waals surface area contributed by atoms with Crippen molar-refractivity contribution in [2.75, 3.05) is 59.6 Å². The lowest BCUT2D eigenvalue weighted by atomic mass is 10.3. The molecule has 1 aliphatic rings. The number of rotatable bonds is 9. The van der Waals surface area contributed by atoms with Crippen molar-refractivity contribution in [1.82, 2.24) is 15.3 Å². The Morgan fingerprint density at radius 1 is 1.16 bits per heavy atom. The Morgan fingerprint density at radius 2 is 1.84 bits per heavy atom. The van der Waals surface area contributed by atoms with E-state index in [1.165, 1.54) is 0 Å². The van der Waals surface area contributed by atoms with Gasteiger partial charge >= 0.3 is 0 Å². The zero-order valence-corrected chi connectivity index (χ0v) is 12.5. The zero-order valence-electron chi connectivity index (χ0n) is 12.5. The number of hydrogen-bond acceptors (Lipinski definition) is 6. The normalized spacial score (nSPS) is 20.1. The van der Waals surface area contributed by atoms with Crippen LogP contribution in [0.15, 0.2) is 0 Å². The van der Waals surface area contributed by atoms with Crippen LogP contribution in [0.1, 0.15) is 13.8 Å². The molecule has 114 valence electrons. The van der Waals surface area contributed by atoms with Crippen molar-refractivity contribution in [1.29, 1.82) is 0 Å². The molecule has 0 amide bonds. The summed E-state index contributed by atoms with van der Waals surface area (Å²) in [6, 6.07) is 0. The zero-order chi connectivity index (χ0) is 14.1. The van der Waals surface area contributed by atoms with Crippen molar-refractivity contribution in [3.63, 3.8) is 0 Å². The average Bonchev–Trinajstić information content (AvgIpc) is 2.37. The van der Waals surface area contributed by atoms with E-state index in [1.807, 2.05) is 13.8 Å². The summed E-state index contributed by atoms with van der Waals surface area (Å²) in [5.41, 5.74) is 3.25. The van der Waals surface area contributed by atoms with E-state index in [4.69, 9.17) is 9.47 Å². The van der Waals surface area contributed by atoms with Gasteiger partial charge in [-0.05, 0) is 20.9 Å². The van der Waals surface area contributed by atoms with E-state index in [-0.39, 0.29) is 6.10 Å². The Morgan fingerprint density at radius 3 is 2.47 bits per heavy atom. The molecule has 1 atom stereocenters. The molecule has 1 rings (SSSR count). The third-order valence-electron chi connectivity index (χ3n) is 3.04. The fourth-order valence-corrected chi connectivity index (χ4v) is 1.82. The summed E-state index contributed by atoms with van der Waals surface area (Å²) in [5, 5.41) is 11.9. The summed E-state index contributed by atoms with van der Waals surface area (Å²) >= 11 is 0. The number of piperazine rings is 1. The lowest BCUT2D eigenvalue weighted by Crippen LogP contribution is -2.52. The highest BCUT2D eigenvalue weighted by molar-refractivity contribution is 4.67. The van der Waals surface area contributed by atoms with Crippen LogP contribution in [-0.4, -0.2) is 86.8 Å². The summed E-state index contributed by atoms with van der Waals surface area (Å²) < 4.78 is 10.7. The monoisotopic (exact) mass is 275 g/mol. The van der Waals surface area contributed by atoms with Crippen molar-refractivity contribution in [3.8, 4) is 0 Å². The SMILES string of the molecule is CC(C)OCCOCC(O)CNN1CCN(C)CC1. The second-order valence-corrected chi connectivity index (χ2v) is 5.30. The van der Waals surface area contributed by atoms with Crippen molar-refractivity contribution in [3.05, 3.63) is 0 Å². The van der Waals surface area contributed by atoms with Gasteiger partial charge in [0, 0.05) is 32.7 Å². The predicted molar refractivity (Wildman–Crippen MR) is 75.0 cm³/mol. The maximum absolute atomic E-state index is 9.77. The van der Waals surface area contributed by atoms with Gasteiger partial charge in [-0.15, -0.1) is 0 Å². The molecule has 1 saturated heterocycles. The number of aliphatic hydroxyl groups excluding tert-OH is 1. The van der Waals surface area contributed by atoms with Gasteiger partial charge < -0.3 is 19.5 Å². The topological polar surface area (TPSA) is 57.2 Å². The molecule has 1 aliphatic heterocycles. The molecule has 0 bridgehead atoms. The van der Waals surface area contributed by atoms with E-state index in [0.29, 0.717) is 26.4 Å². The van der Waals surface area contributed by atoms with Crippen LogP contribution in [0, 0.1) is 0 Å². The molecule has 1 heterocycles. The van der Waals surface area contributed by atoms with E-state index in [2.05, 4.69) is 22.4 Å². The molecule has 0 saturated carbocycles. The first kappa shape index (κ1) is 16.8. The quantitative estimate of drug-likeness (QED) is 0.556. The first-order valence-corrected chi connectivity index (χ1v) is 7.12. The van der Waals surface area contributed by atoms with Gasteiger partial charge in [-0.1, -0.05) is 0 Å². The molecular formula is C13H29N3O3. The first-order valence-electron chi connectivity index (χ1n) is 7.12. The second kappa shape index (κ2) is 9.63. The number of aliphatic hydroxyl groups is 1. The van der Waals surface area contributed by atoms with Crippen molar-refractivity contribution in [2.45, 2.75) is 26.1 Å². The van der Waals surface area contributed by atoms with Crippen molar-refractivity contribution in [2.24, 2.45) is 0 Å². The number of likely N-dealkylation sites (N-methyl/N-ethyl adjacent to an activating group) is 1. The minimum atomic E-state index is -0.473. The number of hydrazine groups is 1. The van der Waals surface area contributed by atoms with Crippen molar-refractivity contribution < 1.29 is 14.6 Å². The average molecular weight is 275 g/mol. The van der Waals surface area contributed by atoms with Gasteiger partial charge in [-0.25, -0.2) is 5.01 Å². The van der Waals surface area contributed by atoms with Gasteiger partial charge in [-0.3, -0.25) is 5.43 Å². The van der Waals surface area contributed by atoms with Crippen LogP contribution in [-0.2, 0) is 9.47 Å². The molecule has 1 unspecified atom stereocenters. The lowest BCUT2D eigenvalue weighted by Gasteiger charge is -2.33. The number of ether oxygens (including phenoxy) is 2. The van der Waals surface area contributed by atoms with Gasteiger partial charge in [-0.2, -0.15) is 0 Å². The van der Waals surface area contributed by atoms with E-state index < -0.39 is 6.10 Å². The number of hydrogen-bond donors (Lipinski definition) is 2. The Bertz CT molecular complexity index is 221. The Labute approximate surface area is 116 Å². The summed E-state index contributed by atoms with van der Waals surface area (Å²) in [6.07, 6.45) is -0.244. The van der Waals surface area contributed by atoms with Gasteiger partial charge in [0.25, 0.3) is 0 Å². The van der Waals surface area contributed by atoms with Gasteiger partial charge in [0.05, 0.1) is 32.0 Å². The Hall–Kier alpha value is -0.240. The Kier molecular flexibility index (Phi) is 8.52. The van der Waals surface area contributed by atoms with E-state index in [0.717, 1.165) is 26.2 Å². The largest absolute Gasteiger partial charge is 0.389 e. The highest BCUT2D eigenvalue weighted by Crippen LogP contribution is 1.96. The number of nitrogens with zero attached hydrogens (tertiary/aromatic N) is 2. The van der Waals surface area contributed by atoms with Gasteiger partial charge in [0.2, 0.25) is 0 Å². The van der Waals surface area contributed by atoms with Crippen LogP contribution >= 0.6 is 0 Å². The van der Waals surface area contributed by atoms with Crippen LogP contribution in [0.25, 0.3) is 0 Å². The van der Waals surface area contributed by atoms with Gasteiger partial charge in [0.1, 0.15) is 0 Å². The molecule has 0 aliphatic carbocycles. The first-order chi connectivity index (χ1) is 9.08. The van der Waals surface area contributed by atoms with E-state index >= 15 is 0 Å². The third-order valence-corrected chi connectivity index (χ3v) is 3.04. The molecule has 0 aromatic heterocycles. The molecular weight excluding hydrogens is 246 g/mol. The molecule has 0 spiro atoms. The standard InChI is InChI=1S/C13H29N3O3/c1-12(2)19-9-8-18-11-13(17)10-14-16-6-4-15(3)5-7-16/h12-14,17H,4-11H2,1-3H3. The van der Waals surface area contributed by atoms with Crippen LogP contribution in [0.5, 0.6) is 0 Å². The lowest BCUT2D eigenvalue weighted by molar-refractivity contribution is -0.0167. The minimum absolute atomic E-state index is 0.229. The fraction of sp³-hybridized carbons (Fsp3) is 1.00. The molecule has 1 fully saturated rings. The smallest absolute Gasteiger partial charge is 0.0911 e. The highest BCUT2D eigenvalue weighted by Gasteiger charge is 2.14. The molecule has 0 aromatic carbocycles. The predicted octanol–water partition coefficient (Wildman–Crippen LogP) is -0.459. The van der Waals surface area contributed by atoms with Crippen LogP contribution in [0.3, 0.4) is 0 Å². The summed E-state index contributed by atoms with van der Waals surface area (Å²) in [5.74, 6) is 0. The maximum Gasteiger partial charge on any atom is 0.0911 e. The van der Waals surface area contributed by atoms with Crippen molar-refractivity contribution >= 4 is 0 Å². The fourth-order valence-electron chi connectivity index (χ4n) is 1.82. The molecule has 19 heavy (non-hydrogen) atoms. The maximum atomic E-state index is 9.77. The molecule has 6 heteroatoms. The van der Waals surface area contributed by atoms with Crippen LogP contribution in [0.4, 0.5) is 0 Å².